The molecule has 3 nitrogen and oxygen atoms in total. The van der Waals surface area contributed by atoms with Gasteiger partial charge in [-0.15, -0.1) is 0 Å². The summed E-state index contributed by atoms with van der Waals surface area (Å²) in [6, 6.07) is 26.7. The van der Waals surface area contributed by atoms with Crippen LogP contribution in [0.15, 0.2) is 174 Å². The summed E-state index contributed by atoms with van der Waals surface area (Å²) in [5.74, 6) is 0.701. The van der Waals surface area contributed by atoms with Gasteiger partial charge in [0, 0.05) is 35.0 Å². The van der Waals surface area contributed by atoms with Crippen LogP contribution in [0.1, 0.15) is 0 Å². The first-order valence-corrected chi connectivity index (χ1v) is 13.5. The standard InChI is InChI=1S/C37H27NO2/c1-2-35(39)40-32-21-15-26(16-22-32)25-13-19-31(20-14-25)38(30-9-4-3-5-10-30)34-24-18-29-12-11-27-7-6-8-28-17-23-33(34)37(29)36(27)28/h2-24,36-37H,1H2. The fourth-order valence-corrected chi connectivity index (χ4v) is 6.07. The van der Waals surface area contributed by atoms with Gasteiger partial charge in [0.1, 0.15) is 5.75 Å². The molecule has 7 rings (SSSR count). The van der Waals surface area contributed by atoms with E-state index in [1.807, 2.05) is 12.1 Å². The Bertz CT molecular complexity index is 1730. The quantitative estimate of drug-likeness (QED) is 0.186. The number of para-hydroxylation sites is 1. The van der Waals surface area contributed by atoms with Gasteiger partial charge < -0.3 is 9.64 Å². The predicted molar refractivity (Wildman–Crippen MR) is 162 cm³/mol. The lowest BCUT2D eigenvalue weighted by Crippen LogP contribution is -2.32. The number of rotatable bonds is 6. The second-order valence-electron chi connectivity index (χ2n) is 10.2. The van der Waals surface area contributed by atoms with Crippen molar-refractivity contribution in [2.24, 2.45) is 11.8 Å². The molecule has 0 saturated carbocycles. The van der Waals surface area contributed by atoms with Gasteiger partial charge in [0.15, 0.2) is 0 Å². The van der Waals surface area contributed by atoms with E-state index in [9.17, 15) is 4.79 Å². The summed E-state index contributed by atoms with van der Waals surface area (Å²) >= 11 is 0. The third kappa shape index (κ3) is 4.13. The van der Waals surface area contributed by atoms with E-state index in [1.165, 1.54) is 28.0 Å². The van der Waals surface area contributed by atoms with E-state index < -0.39 is 5.97 Å². The minimum Gasteiger partial charge on any atom is -0.423 e. The molecule has 4 aliphatic carbocycles. The van der Waals surface area contributed by atoms with Crippen molar-refractivity contribution in [1.29, 1.82) is 0 Å². The highest BCUT2D eigenvalue weighted by atomic mass is 16.5. The van der Waals surface area contributed by atoms with Crippen molar-refractivity contribution in [1.82, 2.24) is 0 Å². The topological polar surface area (TPSA) is 29.5 Å². The van der Waals surface area contributed by atoms with Crippen molar-refractivity contribution in [3.8, 4) is 16.9 Å². The predicted octanol–water partition coefficient (Wildman–Crippen LogP) is 8.57. The van der Waals surface area contributed by atoms with E-state index in [2.05, 4.69) is 121 Å². The van der Waals surface area contributed by atoms with Crippen LogP contribution in [0.2, 0.25) is 0 Å². The number of carbonyl (C=O) groups excluding carboxylic acids is 1. The highest BCUT2D eigenvalue weighted by molar-refractivity contribution is 5.83. The van der Waals surface area contributed by atoms with Crippen molar-refractivity contribution in [3.05, 3.63) is 174 Å². The molecule has 2 unspecified atom stereocenters. The van der Waals surface area contributed by atoms with Gasteiger partial charge >= 0.3 is 5.97 Å². The number of hydrogen-bond acceptors (Lipinski definition) is 3. The molecule has 0 heterocycles. The molecule has 4 aliphatic rings. The summed E-state index contributed by atoms with van der Waals surface area (Å²) in [4.78, 5) is 13.9. The number of ether oxygens (including phenoxy) is 1. The lowest BCUT2D eigenvalue weighted by molar-refractivity contribution is -0.128. The lowest BCUT2D eigenvalue weighted by Gasteiger charge is -2.42. The first-order valence-electron chi connectivity index (χ1n) is 13.5. The van der Waals surface area contributed by atoms with Crippen LogP contribution in [0.25, 0.3) is 11.1 Å². The fraction of sp³-hybridized carbons (Fsp3) is 0.0541. The minimum atomic E-state index is -0.465. The first kappa shape index (κ1) is 23.9. The zero-order chi connectivity index (χ0) is 27.1. The van der Waals surface area contributed by atoms with Gasteiger partial charge in [-0.2, -0.15) is 0 Å². The molecule has 0 fully saturated rings. The van der Waals surface area contributed by atoms with E-state index in [0.29, 0.717) is 17.6 Å². The SMILES string of the molecule is C=CC(=O)Oc1ccc(-c2ccc(N(C3=C4C=CC5=CC=CC6=CC=C(C=C3)C4C56)c3ccccc3)cc2)cc1. The number of allylic oxidation sites excluding steroid dienone is 13. The normalized spacial score (nSPS) is 19.8. The maximum absolute atomic E-state index is 11.5. The Hall–Kier alpha value is -5.15. The van der Waals surface area contributed by atoms with Crippen molar-refractivity contribution < 1.29 is 9.53 Å². The molecular formula is C37H27NO2. The largest absolute Gasteiger partial charge is 0.423 e. The smallest absolute Gasteiger partial charge is 0.335 e. The molecule has 0 aliphatic heterocycles. The Morgan fingerprint density at radius 2 is 1.30 bits per heavy atom. The maximum Gasteiger partial charge on any atom is 0.335 e. The Labute approximate surface area is 234 Å². The minimum absolute atomic E-state index is 0.306. The summed E-state index contributed by atoms with van der Waals surface area (Å²) in [6.07, 6.45) is 21.5. The number of nitrogens with zero attached hydrogens (tertiary/aromatic N) is 1. The van der Waals surface area contributed by atoms with Crippen molar-refractivity contribution in [3.63, 3.8) is 0 Å². The molecule has 0 N–H and O–H groups in total. The van der Waals surface area contributed by atoms with Gasteiger partial charge in [-0.1, -0.05) is 97.7 Å². The maximum atomic E-state index is 11.5. The fourth-order valence-electron chi connectivity index (χ4n) is 6.07. The van der Waals surface area contributed by atoms with Gasteiger partial charge in [-0.25, -0.2) is 4.79 Å². The number of hydrogen-bond donors (Lipinski definition) is 0. The second-order valence-corrected chi connectivity index (χ2v) is 10.2. The van der Waals surface area contributed by atoms with E-state index in [4.69, 9.17) is 4.74 Å². The molecule has 3 aromatic carbocycles. The van der Waals surface area contributed by atoms with E-state index >= 15 is 0 Å². The van der Waals surface area contributed by atoms with Crippen LogP contribution in [0.4, 0.5) is 11.4 Å². The molecule has 40 heavy (non-hydrogen) atoms. The zero-order valence-electron chi connectivity index (χ0n) is 21.9. The first-order chi connectivity index (χ1) is 19.7. The Kier molecular flexibility index (Phi) is 5.90. The van der Waals surface area contributed by atoms with E-state index in [-0.39, 0.29) is 0 Å². The van der Waals surface area contributed by atoms with Crippen LogP contribution >= 0.6 is 0 Å². The summed E-state index contributed by atoms with van der Waals surface area (Å²) in [5.41, 5.74) is 11.0. The lowest BCUT2D eigenvalue weighted by atomic mass is 9.64. The molecule has 0 bridgehead atoms. The number of carbonyl (C=O) groups is 1. The average Bonchev–Trinajstić information content (AvgIpc) is 3.02. The number of anilines is 2. The van der Waals surface area contributed by atoms with Crippen molar-refractivity contribution >= 4 is 17.3 Å². The second kappa shape index (κ2) is 9.87. The molecule has 3 aromatic rings. The molecule has 0 saturated heterocycles. The highest BCUT2D eigenvalue weighted by Gasteiger charge is 2.39. The molecule has 3 heteroatoms. The van der Waals surface area contributed by atoms with E-state index in [0.717, 1.165) is 28.6 Å². The molecule has 192 valence electrons. The van der Waals surface area contributed by atoms with Crippen LogP contribution in [0, 0.1) is 11.8 Å². The Balaban J connectivity index is 1.28. The van der Waals surface area contributed by atoms with Gasteiger partial charge in [0.25, 0.3) is 0 Å². The summed E-state index contributed by atoms with van der Waals surface area (Å²) in [5, 5.41) is 0. The van der Waals surface area contributed by atoms with Crippen LogP contribution in [-0.2, 0) is 4.79 Å². The molecule has 0 aromatic heterocycles. The monoisotopic (exact) mass is 517 g/mol. The summed E-state index contributed by atoms with van der Waals surface area (Å²) in [6.45, 7) is 3.45. The Morgan fingerprint density at radius 3 is 2.02 bits per heavy atom. The third-order valence-corrected chi connectivity index (χ3v) is 7.93. The van der Waals surface area contributed by atoms with Crippen LogP contribution in [0.5, 0.6) is 5.75 Å². The third-order valence-electron chi connectivity index (χ3n) is 7.93. The molecule has 0 spiro atoms. The zero-order valence-corrected chi connectivity index (χ0v) is 21.9. The number of benzene rings is 3. The highest BCUT2D eigenvalue weighted by Crippen LogP contribution is 2.51. The molecule has 0 amide bonds. The van der Waals surface area contributed by atoms with Crippen molar-refractivity contribution in [2.75, 3.05) is 4.90 Å². The summed E-state index contributed by atoms with van der Waals surface area (Å²) < 4.78 is 5.22. The summed E-state index contributed by atoms with van der Waals surface area (Å²) in [7, 11) is 0. The van der Waals surface area contributed by atoms with Crippen LogP contribution in [0.3, 0.4) is 0 Å². The number of esters is 1. The van der Waals surface area contributed by atoms with Gasteiger partial charge in [0.05, 0.1) is 0 Å². The molecular weight excluding hydrogens is 490 g/mol. The average molecular weight is 518 g/mol. The van der Waals surface area contributed by atoms with Crippen molar-refractivity contribution in [2.45, 2.75) is 0 Å². The van der Waals surface area contributed by atoms with Gasteiger partial charge in [-0.05, 0) is 75.9 Å². The van der Waals surface area contributed by atoms with Crippen LogP contribution < -0.4 is 9.64 Å². The Morgan fingerprint density at radius 1 is 0.675 bits per heavy atom. The molecule has 0 radical (unpaired) electrons. The van der Waals surface area contributed by atoms with Gasteiger partial charge in [-0.3, -0.25) is 0 Å². The van der Waals surface area contributed by atoms with Crippen LogP contribution in [-0.4, -0.2) is 5.97 Å². The van der Waals surface area contributed by atoms with Gasteiger partial charge in [0.2, 0.25) is 0 Å². The van der Waals surface area contributed by atoms with E-state index in [1.54, 1.807) is 12.1 Å². The molecule has 2 atom stereocenters.